The predicted octanol–water partition coefficient (Wildman–Crippen LogP) is 2.98. The number of nitrogens with zero attached hydrogens (tertiary/aromatic N) is 2. The highest BCUT2D eigenvalue weighted by Crippen LogP contribution is 2.35. The number of hydrogen-bond donors (Lipinski definition) is 1. The fourth-order valence-electron chi connectivity index (χ4n) is 4.26. The molecule has 1 heterocycles. The molecule has 1 aliphatic heterocycles. The lowest BCUT2D eigenvalue weighted by Crippen LogP contribution is -2.49. The highest BCUT2D eigenvalue weighted by atomic mass is 16.2. The van der Waals surface area contributed by atoms with Crippen molar-refractivity contribution in [3.05, 3.63) is 29.8 Å². The third kappa shape index (κ3) is 4.40. The molecule has 1 aromatic carbocycles. The lowest BCUT2D eigenvalue weighted by molar-refractivity contribution is -0.118. The van der Waals surface area contributed by atoms with Crippen LogP contribution in [0.25, 0.3) is 0 Å². The zero-order valence-electron chi connectivity index (χ0n) is 15.3. The summed E-state index contributed by atoms with van der Waals surface area (Å²) in [6.07, 6.45) is 7.73. The van der Waals surface area contributed by atoms with E-state index in [0.717, 1.165) is 18.2 Å². The van der Waals surface area contributed by atoms with Gasteiger partial charge in [0, 0.05) is 31.4 Å². The standard InChI is InChI=1S/C20H29N3O2/c1-22(2)20(25)16-9-11-17(12-10-16)21-19(24)14-23-13-5-7-15-6-3-4-8-18(15)23/h9-12,15,18H,3-8,13-14H2,1-2H3,(H,21,24)/t15-,18+/m1/s1. The summed E-state index contributed by atoms with van der Waals surface area (Å²) in [6, 6.07) is 7.71. The van der Waals surface area contributed by atoms with Gasteiger partial charge in [0.05, 0.1) is 6.54 Å². The Morgan fingerprint density at radius 2 is 1.76 bits per heavy atom. The summed E-state index contributed by atoms with van der Waals surface area (Å²) < 4.78 is 0. The first kappa shape index (κ1) is 17.9. The van der Waals surface area contributed by atoms with E-state index in [1.165, 1.54) is 38.5 Å². The Kier molecular flexibility index (Phi) is 5.74. The van der Waals surface area contributed by atoms with Crippen LogP contribution in [0.2, 0.25) is 0 Å². The molecule has 2 amide bonds. The molecule has 3 rings (SSSR count). The fourth-order valence-corrected chi connectivity index (χ4v) is 4.26. The van der Waals surface area contributed by atoms with Crippen LogP contribution < -0.4 is 5.32 Å². The van der Waals surface area contributed by atoms with Crippen molar-refractivity contribution >= 4 is 17.5 Å². The van der Waals surface area contributed by atoms with Gasteiger partial charge in [-0.1, -0.05) is 12.8 Å². The van der Waals surface area contributed by atoms with Crippen LogP contribution in [0.15, 0.2) is 24.3 Å². The third-order valence-electron chi connectivity index (χ3n) is 5.53. The molecule has 2 aliphatic rings. The molecule has 5 nitrogen and oxygen atoms in total. The molecule has 1 N–H and O–H groups in total. The van der Waals surface area contributed by atoms with E-state index >= 15 is 0 Å². The van der Waals surface area contributed by atoms with Gasteiger partial charge in [-0.25, -0.2) is 0 Å². The first-order chi connectivity index (χ1) is 12.0. The van der Waals surface area contributed by atoms with E-state index in [-0.39, 0.29) is 11.8 Å². The van der Waals surface area contributed by atoms with E-state index in [9.17, 15) is 9.59 Å². The summed E-state index contributed by atoms with van der Waals surface area (Å²) in [5, 5.41) is 2.97. The van der Waals surface area contributed by atoms with Gasteiger partial charge in [-0.15, -0.1) is 0 Å². The van der Waals surface area contributed by atoms with Gasteiger partial charge in [-0.05, 0) is 62.4 Å². The van der Waals surface area contributed by atoms with Gasteiger partial charge in [0.25, 0.3) is 5.91 Å². The number of fused-ring (bicyclic) bond motifs is 1. The first-order valence-corrected chi connectivity index (χ1v) is 9.40. The minimum Gasteiger partial charge on any atom is -0.345 e. The van der Waals surface area contributed by atoms with Crippen molar-refractivity contribution in [2.75, 3.05) is 32.5 Å². The highest BCUT2D eigenvalue weighted by molar-refractivity contribution is 5.96. The first-order valence-electron chi connectivity index (χ1n) is 9.40. The summed E-state index contributed by atoms with van der Waals surface area (Å²) in [4.78, 5) is 28.3. The number of benzene rings is 1. The smallest absolute Gasteiger partial charge is 0.253 e. The topological polar surface area (TPSA) is 52.7 Å². The maximum Gasteiger partial charge on any atom is 0.253 e. The van der Waals surface area contributed by atoms with Crippen molar-refractivity contribution in [2.24, 2.45) is 5.92 Å². The van der Waals surface area contributed by atoms with Crippen LogP contribution >= 0.6 is 0 Å². The van der Waals surface area contributed by atoms with Gasteiger partial charge in [0.15, 0.2) is 0 Å². The zero-order chi connectivity index (χ0) is 17.8. The molecular weight excluding hydrogens is 314 g/mol. The van der Waals surface area contributed by atoms with Crippen LogP contribution in [0, 0.1) is 5.92 Å². The van der Waals surface area contributed by atoms with Crippen molar-refractivity contribution in [1.82, 2.24) is 9.80 Å². The predicted molar refractivity (Wildman–Crippen MR) is 99.6 cm³/mol. The van der Waals surface area contributed by atoms with Crippen LogP contribution in [0.5, 0.6) is 0 Å². The van der Waals surface area contributed by atoms with Crippen molar-refractivity contribution in [3.8, 4) is 0 Å². The SMILES string of the molecule is CN(C)C(=O)c1ccc(NC(=O)CN2CCC[C@H]3CCCC[C@@H]32)cc1. The molecule has 1 aromatic rings. The summed E-state index contributed by atoms with van der Waals surface area (Å²) in [5.41, 5.74) is 1.38. The number of carbonyl (C=O) groups excluding carboxylic acids is 2. The Bertz CT molecular complexity index is 610. The van der Waals surface area contributed by atoms with E-state index < -0.39 is 0 Å². The average Bonchev–Trinajstić information content (AvgIpc) is 2.62. The number of likely N-dealkylation sites (tertiary alicyclic amines) is 1. The van der Waals surface area contributed by atoms with Crippen molar-refractivity contribution in [1.29, 1.82) is 0 Å². The Morgan fingerprint density at radius 1 is 1.08 bits per heavy atom. The van der Waals surface area contributed by atoms with Gasteiger partial charge in [-0.3, -0.25) is 14.5 Å². The zero-order valence-corrected chi connectivity index (χ0v) is 15.3. The maximum atomic E-state index is 12.5. The molecule has 0 radical (unpaired) electrons. The van der Waals surface area contributed by atoms with E-state index in [1.54, 1.807) is 43.3 Å². The molecule has 1 saturated heterocycles. The summed E-state index contributed by atoms with van der Waals surface area (Å²) >= 11 is 0. The van der Waals surface area contributed by atoms with Crippen molar-refractivity contribution in [3.63, 3.8) is 0 Å². The van der Waals surface area contributed by atoms with E-state index in [4.69, 9.17) is 0 Å². The molecule has 0 unspecified atom stereocenters. The van der Waals surface area contributed by atoms with Gasteiger partial charge in [0.1, 0.15) is 0 Å². The minimum absolute atomic E-state index is 0.0328. The van der Waals surface area contributed by atoms with Crippen molar-refractivity contribution < 1.29 is 9.59 Å². The Labute approximate surface area is 150 Å². The molecule has 0 aromatic heterocycles. The molecule has 25 heavy (non-hydrogen) atoms. The number of hydrogen-bond acceptors (Lipinski definition) is 3. The van der Waals surface area contributed by atoms with E-state index in [1.807, 2.05) is 0 Å². The van der Waals surface area contributed by atoms with E-state index in [2.05, 4.69) is 10.2 Å². The number of amides is 2. The Hall–Kier alpha value is -1.88. The summed E-state index contributed by atoms with van der Waals surface area (Å²) in [5.74, 6) is 0.791. The van der Waals surface area contributed by atoms with Crippen molar-refractivity contribution in [2.45, 2.75) is 44.6 Å². The molecule has 0 spiro atoms. The fraction of sp³-hybridized carbons (Fsp3) is 0.600. The summed E-state index contributed by atoms with van der Waals surface area (Å²) in [7, 11) is 3.46. The number of piperidine rings is 1. The number of rotatable bonds is 4. The van der Waals surface area contributed by atoms with Crippen LogP contribution in [0.3, 0.4) is 0 Å². The largest absolute Gasteiger partial charge is 0.345 e. The molecule has 0 bridgehead atoms. The third-order valence-corrected chi connectivity index (χ3v) is 5.53. The molecule has 1 saturated carbocycles. The van der Waals surface area contributed by atoms with Gasteiger partial charge in [-0.2, -0.15) is 0 Å². The maximum absolute atomic E-state index is 12.5. The number of nitrogens with one attached hydrogen (secondary N) is 1. The normalized spacial score (nSPS) is 23.6. The molecule has 2 atom stereocenters. The lowest BCUT2D eigenvalue weighted by Gasteiger charge is -2.43. The summed E-state index contributed by atoms with van der Waals surface area (Å²) in [6.45, 7) is 1.50. The Morgan fingerprint density at radius 3 is 2.48 bits per heavy atom. The highest BCUT2D eigenvalue weighted by Gasteiger charge is 2.33. The molecule has 2 fully saturated rings. The van der Waals surface area contributed by atoms with Gasteiger partial charge >= 0.3 is 0 Å². The molecule has 1 aliphatic carbocycles. The number of anilines is 1. The quantitative estimate of drug-likeness (QED) is 0.914. The van der Waals surface area contributed by atoms with Crippen LogP contribution in [0.4, 0.5) is 5.69 Å². The monoisotopic (exact) mass is 343 g/mol. The molecule has 136 valence electrons. The van der Waals surface area contributed by atoms with Crippen LogP contribution in [-0.4, -0.2) is 54.8 Å². The van der Waals surface area contributed by atoms with Gasteiger partial charge < -0.3 is 10.2 Å². The average molecular weight is 343 g/mol. The lowest BCUT2D eigenvalue weighted by atomic mass is 9.78. The van der Waals surface area contributed by atoms with Crippen LogP contribution in [-0.2, 0) is 4.79 Å². The van der Waals surface area contributed by atoms with Gasteiger partial charge in [0.2, 0.25) is 5.91 Å². The van der Waals surface area contributed by atoms with Crippen LogP contribution in [0.1, 0.15) is 48.9 Å². The molecular formula is C20H29N3O2. The second-order valence-corrected chi connectivity index (χ2v) is 7.55. The second kappa shape index (κ2) is 8.00. The second-order valence-electron chi connectivity index (χ2n) is 7.55. The molecule has 5 heteroatoms. The Balaban J connectivity index is 1.56. The number of carbonyl (C=O) groups is 2. The van der Waals surface area contributed by atoms with E-state index in [0.29, 0.717) is 18.2 Å². The minimum atomic E-state index is -0.0328.